The molecule has 1 aliphatic heterocycles. The molecule has 136 valence electrons. The summed E-state index contributed by atoms with van der Waals surface area (Å²) >= 11 is 0. The monoisotopic (exact) mass is 345 g/mol. The zero-order valence-corrected chi connectivity index (χ0v) is 16.1. The van der Waals surface area contributed by atoms with Gasteiger partial charge in [-0.05, 0) is 41.6 Å². The maximum atomic E-state index is 2.79. The maximum absolute atomic E-state index is 2.79. The number of hydrogen-bond acceptors (Lipinski definition) is 1. The van der Waals surface area contributed by atoms with Gasteiger partial charge in [-0.2, -0.15) is 0 Å². The van der Waals surface area contributed by atoms with E-state index in [9.17, 15) is 0 Å². The average Bonchev–Trinajstić information content (AvgIpc) is 3.20. The third-order valence-electron chi connectivity index (χ3n) is 7.38. The van der Waals surface area contributed by atoms with E-state index in [1.165, 1.54) is 58.2 Å². The molecule has 3 aliphatic rings. The van der Waals surface area contributed by atoms with Gasteiger partial charge < -0.3 is 4.90 Å². The van der Waals surface area contributed by atoms with Crippen molar-refractivity contribution in [3.05, 3.63) is 70.8 Å². The Balaban J connectivity index is 1.45. The molecule has 0 amide bonds. The summed E-state index contributed by atoms with van der Waals surface area (Å²) in [5, 5.41) is 0. The number of likely N-dealkylation sites (tertiary alicyclic amines) is 1. The molecule has 1 nitrogen and oxygen atoms in total. The highest BCUT2D eigenvalue weighted by Gasteiger charge is 2.57. The van der Waals surface area contributed by atoms with Crippen LogP contribution in [0.1, 0.15) is 79.5 Å². The molecule has 2 aliphatic carbocycles. The number of unbranched alkanes of at least 4 members (excludes halogenated alkanes) is 4. The molecule has 2 aromatic carbocycles. The predicted octanol–water partition coefficient (Wildman–Crippen LogP) is 5.84. The van der Waals surface area contributed by atoms with E-state index in [2.05, 4.69) is 60.4 Å². The van der Waals surface area contributed by atoms with Crippen LogP contribution >= 0.6 is 0 Å². The SMILES string of the molecule is CCCCCCCN1CC2c3ccccc3C3CC2(C1)c1ccccc13. The lowest BCUT2D eigenvalue weighted by Gasteiger charge is -2.37. The molecule has 1 spiro atoms. The molecular weight excluding hydrogens is 314 g/mol. The summed E-state index contributed by atoms with van der Waals surface area (Å²) in [4.78, 5) is 2.79. The summed E-state index contributed by atoms with van der Waals surface area (Å²) in [6.07, 6.45) is 8.25. The molecule has 3 atom stereocenters. The van der Waals surface area contributed by atoms with E-state index in [4.69, 9.17) is 0 Å². The fourth-order valence-electron chi connectivity index (χ4n) is 6.25. The van der Waals surface area contributed by atoms with Gasteiger partial charge in [0.15, 0.2) is 0 Å². The molecule has 0 radical (unpaired) electrons. The summed E-state index contributed by atoms with van der Waals surface area (Å²) in [5.41, 5.74) is 6.92. The zero-order valence-electron chi connectivity index (χ0n) is 16.1. The Morgan fingerprint density at radius 1 is 0.885 bits per heavy atom. The number of fused-ring (bicyclic) bond motifs is 3. The van der Waals surface area contributed by atoms with Crippen LogP contribution in [0.4, 0.5) is 0 Å². The van der Waals surface area contributed by atoms with Gasteiger partial charge in [-0.15, -0.1) is 0 Å². The number of benzene rings is 2. The fraction of sp³-hybridized carbons (Fsp3) is 0.520. The maximum Gasteiger partial charge on any atom is 0.0173 e. The van der Waals surface area contributed by atoms with Crippen molar-refractivity contribution in [1.82, 2.24) is 4.90 Å². The van der Waals surface area contributed by atoms with Crippen molar-refractivity contribution in [2.75, 3.05) is 19.6 Å². The Hall–Kier alpha value is -1.60. The van der Waals surface area contributed by atoms with Crippen molar-refractivity contribution in [3.63, 3.8) is 0 Å². The number of hydrogen-bond donors (Lipinski definition) is 0. The second-order valence-corrected chi connectivity index (χ2v) is 8.83. The van der Waals surface area contributed by atoms with E-state index in [1.54, 1.807) is 22.3 Å². The average molecular weight is 346 g/mol. The Labute approximate surface area is 158 Å². The fourth-order valence-corrected chi connectivity index (χ4v) is 6.25. The molecule has 2 aromatic rings. The second-order valence-electron chi connectivity index (χ2n) is 8.83. The normalized spacial score (nSPS) is 28.7. The van der Waals surface area contributed by atoms with Crippen LogP contribution in [-0.2, 0) is 5.41 Å². The minimum Gasteiger partial charge on any atom is -0.302 e. The van der Waals surface area contributed by atoms with Crippen molar-refractivity contribution in [2.45, 2.75) is 62.7 Å². The molecule has 1 fully saturated rings. The van der Waals surface area contributed by atoms with E-state index >= 15 is 0 Å². The van der Waals surface area contributed by atoms with Gasteiger partial charge in [0.1, 0.15) is 0 Å². The third kappa shape index (κ3) is 2.40. The molecule has 26 heavy (non-hydrogen) atoms. The molecule has 5 rings (SSSR count). The van der Waals surface area contributed by atoms with E-state index in [0.717, 1.165) is 0 Å². The molecule has 0 aromatic heterocycles. The van der Waals surface area contributed by atoms with Gasteiger partial charge in [-0.1, -0.05) is 81.1 Å². The van der Waals surface area contributed by atoms with Gasteiger partial charge in [-0.3, -0.25) is 0 Å². The van der Waals surface area contributed by atoms with Gasteiger partial charge in [0.05, 0.1) is 0 Å². The predicted molar refractivity (Wildman–Crippen MR) is 109 cm³/mol. The van der Waals surface area contributed by atoms with Crippen molar-refractivity contribution in [1.29, 1.82) is 0 Å². The molecule has 1 heterocycles. The quantitative estimate of drug-likeness (QED) is 0.594. The van der Waals surface area contributed by atoms with Gasteiger partial charge in [0.25, 0.3) is 0 Å². The topological polar surface area (TPSA) is 3.24 Å². The standard InChI is InChI=1S/C25H31N/c1-2-3-4-5-10-15-26-17-24-20-12-7-6-11-19(20)22-16-25(24,18-26)23-14-9-8-13-21(22)23/h6-9,11-14,22,24H,2-5,10,15-18H2,1H3. The van der Waals surface area contributed by atoms with E-state index in [1.807, 2.05) is 0 Å². The lowest BCUT2D eigenvalue weighted by Crippen LogP contribution is -2.35. The first-order valence-corrected chi connectivity index (χ1v) is 10.7. The van der Waals surface area contributed by atoms with E-state index < -0.39 is 0 Å². The smallest absolute Gasteiger partial charge is 0.0173 e. The van der Waals surface area contributed by atoms with Gasteiger partial charge in [0, 0.05) is 30.3 Å². The molecular formula is C25H31N. The summed E-state index contributed by atoms with van der Waals surface area (Å²) in [5.74, 6) is 1.32. The molecule has 1 heteroatoms. The zero-order chi connectivity index (χ0) is 17.6. The van der Waals surface area contributed by atoms with Crippen LogP contribution in [0.5, 0.6) is 0 Å². The Bertz CT molecular complexity index is 783. The highest BCUT2D eigenvalue weighted by Crippen LogP contribution is 2.62. The Morgan fingerprint density at radius 2 is 1.62 bits per heavy atom. The van der Waals surface area contributed by atoms with Crippen molar-refractivity contribution in [2.24, 2.45) is 0 Å². The molecule has 1 saturated heterocycles. The highest BCUT2D eigenvalue weighted by molar-refractivity contribution is 5.58. The Kier molecular flexibility index (Phi) is 4.16. The summed E-state index contributed by atoms with van der Waals surface area (Å²) in [7, 11) is 0. The summed E-state index contributed by atoms with van der Waals surface area (Å²) in [6, 6.07) is 18.7. The summed E-state index contributed by atoms with van der Waals surface area (Å²) in [6.45, 7) is 6.12. The largest absolute Gasteiger partial charge is 0.302 e. The molecule has 0 N–H and O–H groups in total. The van der Waals surface area contributed by atoms with Gasteiger partial charge in [-0.25, -0.2) is 0 Å². The van der Waals surface area contributed by atoms with Crippen LogP contribution < -0.4 is 0 Å². The van der Waals surface area contributed by atoms with Crippen LogP contribution in [0.3, 0.4) is 0 Å². The first-order valence-electron chi connectivity index (χ1n) is 10.7. The van der Waals surface area contributed by atoms with E-state index in [0.29, 0.717) is 17.3 Å². The van der Waals surface area contributed by atoms with Crippen molar-refractivity contribution in [3.8, 4) is 0 Å². The van der Waals surface area contributed by atoms with Crippen LogP contribution in [0.15, 0.2) is 48.5 Å². The van der Waals surface area contributed by atoms with Gasteiger partial charge in [0.2, 0.25) is 0 Å². The number of nitrogens with zero attached hydrogens (tertiary/aromatic N) is 1. The van der Waals surface area contributed by atoms with Crippen LogP contribution in [0.25, 0.3) is 0 Å². The van der Waals surface area contributed by atoms with Crippen molar-refractivity contribution >= 4 is 0 Å². The minimum absolute atomic E-state index is 0.374. The minimum atomic E-state index is 0.374. The lowest BCUT2D eigenvalue weighted by molar-refractivity contribution is 0.297. The third-order valence-corrected chi connectivity index (χ3v) is 7.38. The van der Waals surface area contributed by atoms with Crippen molar-refractivity contribution < 1.29 is 0 Å². The Morgan fingerprint density at radius 3 is 2.46 bits per heavy atom. The summed E-state index contributed by atoms with van der Waals surface area (Å²) < 4.78 is 0. The van der Waals surface area contributed by atoms with Crippen LogP contribution in [0.2, 0.25) is 0 Å². The second kappa shape index (κ2) is 6.53. The van der Waals surface area contributed by atoms with Gasteiger partial charge >= 0.3 is 0 Å². The molecule has 2 bridgehead atoms. The first kappa shape index (κ1) is 16.6. The van der Waals surface area contributed by atoms with Crippen LogP contribution in [-0.4, -0.2) is 24.5 Å². The molecule has 3 unspecified atom stereocenters. The highest BCUT2D eigenvalue weighted by atomic mass is 15.2. The molecule has 0 saturated carbocycles. The lowest BCUT2D eigenvalue weighted by atomic mass is 9.65. The number of rotatable bonds is 6. The van der Waals surface area contributed by atoms with E-state index in [-0.39, 0.29) is 0 Å². The van der Waals surface area contributed by atoms with Crippen LogP contribution in [0, 0.1) is 0 Å². The first-order chi connectivity index (χ1) is 12.8.